The Hall–Kier alpha value is -1.65. The first-order valence-electron chi connectivity index (χ1n) is 7.11. The predicted octanol–water partition coefficient (Wildman–Crippen LogP) is 3.37. The van der Waals surface area contributed by atoms with E-state index in [2.05, 4.69) is 51.5 Å². The number of rotatable bonds is 7. The third-order valence-corrected chi connectivity index (χ3v) is 3.32. The maximum absolute atomic E-state index is 5.90. The van der Waals surface area contributed by atoms with Crippen LogP contribution in [0, 0.1) is 6.92 Å². The number of nitrogens with zero attached hydrogens (tertiary/aromatic N) is 3. The molecule has 0 saturated carbocycles. The molecule has 0 amide bonds. The van der Waals surface area contributed by atoms with Gasteiger partial charge in [0.1, 0.15) is 16.8 Å². The maximum atomic E-state index is 5.90. The van der Waals surface area contributed by atoms with Crippen LogP contribution in [0.25, 0.3) is 0 Å². The van der Waals surface area contributed by atoms with Crippen LogP contribution < -0.4 is 5.32 Å². The summed E-state index contributed by atoms with van der Waals surface area (Å²) in [5.74, 6) is 1.48. The Morgan fingerprint density at radius 1 is 1.19 bits per heavy atom. The van der Waals surface area contributed by atoms with Crippen molar-refractivity contribution in [3.63, 3.8) is 0 Å². The molecule has 5 heteroatoms. The molecule has 0 aliphatic carbocycles. The Bertz CT molecular complexity index is 539. The molecule has 0 unspecified atom stereocenters. The van der Waals surface area contributed by atoms with Crippen LogP contribution >= 0.6 is 11.6 Å². The number of hydrogen-bond acceptors (Lipinski definition) is 4. The molecule has 0 atom stereocenters. The van der Waals surface area contributed by atoms with E-state index in [4.69, 9.17) is 11.6 Å². The molecule has 112 valence electrons. The van der Waals surface area contributed by atoms with E-state index in [0.717, 1.165) is 31.9 Å². The topological polar surface area (TPSA) is 41.1 Å². The van der Waals surface area contributed by atoms with Crippen molar-refractivity contribution in [1.82, 2.24) is 14.9 Å². The summed E-state index contributed by atoms with van der Waals surface area (Å²) in [4.78, 5) is 10.7. The average molecular weight is 305 g/mol. The molecule has 2 rings (SSSR count). The molecule has 0 aliphatic rings. The number of nitrogens with one attached hydrogen (secondary N) is 1. The lowest BCUT2D eigenvalue weighted by Gasteiger charge is -2.16. The van der Waals surface area contributed by atoms with Crippen LogP contribution in [-0.4, -0.2) is 35.0 Å². The van der Waals surface area contributed by atoms with E-state index < -0.39 is 0 Å². The molecule has 1 aromatic carbocycles. The molecule has 0 radical (unpaired) electrons. The lowest BCUT2D eigenvalue weighted by atomic mass is 10.2. The minimum atomic E-state index is 0.478. The third kappa shape index (κ3) is 5.69. The van der Waals surface area contributed by atoms with E-state index >= 15 is 0 Å². The fourth-order valence-electron chi connectivity index (χ4n) is 2.16. The van der Waals surface area contributed by atoms with E-state index in [-0.39, 0.29) is 0 Å². The molecule has 1 aromatic heterocycles. The Kier molecular flexibility index (Phi) is 5.96. The van der Waals surface area contributed by atoms with Crippen LogP contribution in [0.3, 0.4) is 0 Å². The summed E-state index contributed by atoms with van der Waals surface area (Å²) in [6.45, 7) is 4.70. The van der Waals surface area contributed by atoms with Crippen molar-refractivity contribution >= 4 is 17.4 Å². The summed E-state index contributed by atoms with van der Waals surface area (Å²) in [6.07, 6.45) is 1.05. The second kappa shape index (κ2) is 7.96. The number of halogens is 1. The monoisotopic (exact) mass is 304 g/mol. The summed E-state index contributed by atoms with van der Waals surface area (Å²) in [6, 6.07) is 12.3. The van der Waals surface area contributed by atoms with E-state index in [1.165, 1.54) is 5.56 Å². The van der Waals surface area contributed by atoms with E-state index in [1.807, 2.05) is 13.0 Å². The Morgan fingerprint density at radius 2 is 1.95 bits per heavy atom. The predicted molar refractivity (Wildman–Crippen MR) is 87.7 cm³/mol. The summed E-state index contributed by atoms with van der Waals surface area (Å²) < 4.78 is 0. The van der Waals surface area contributed by atoms with Gasteiger partial charge in [-0.15, -0.1) is 0 Å². The van der Waals surface area contributed by atoms with Gasteiger partial charge in [-0.2, -0.15) is 0 Å². The molecule has 1 heterocycles. The van der Waals surface area contributed by atoms with Crippen LogP contribution in [0.1, 0.15) is 17.8 Å². The van der Waals surface area contributed by atoms with Gasteiger partial charge in [-0.3, -0.25) is 0 Å². The van der Waals surface area contributed by atoms with Gasteiger partial charge in [0.05, 0.1) is 0 Å². The molecule has 1 N–H and O–H groups in total. The van der Waals surface area contributed by atoms with Crippen molar-refractivity contribution in [3.8, 4) is 0 Å². The molecule has 0 aliphatic heterocycles. The van der Waals surface area contributed by atoms with Crippen LogP contribution in [0.2, 0.25) is 5.15 Å². The molecule has 0 fully saturated rings. The summed E-state index contributed by atoms with van der Waals surface area (Å²) in [5.41, 5.74) is 1.34. The second-order valence-corrected chi connectivity index (χ2v) is 5.51. The number of benzene rings is 1. The van der Waals surface area contributed by atoms with Gasteiger partial charge in [0.2, 0.25) is 0 Å². The SMILES string of the molecule is Cc1nc(Cl)cc(NCCCN(C)Cc2ccccc2)n1. The van der Waals surface area contributed by atoms with E-state index in [9.17, 15) is 0 Å². The van der Waals surface area contributed by atoms with Crippen molar-refractivity contribution in [2.24, 2.45) is 0 Å². The van der Waals surface area contributed by atoms with E-state index in [1.54, 1.807) is 6.07 Å². The smallest absolute Gasteiger partial charge is 0.134 e. The highest BCUT2D eigenvalue weighted by atomic mass is 35.5. The zero-order valence-electron chi connectivity index (χ0n) is 12.5. The quantitative estimate of drug-likeness (QED) is 0.629. The van der Waals surface area contributed by atoms with Gasteiger partial charge in [-0.1, -0.05) is 41.9 Å². The maximum Gasteiger partial charge on any atom is 0.134 e. The number of hydrogen-bond donors (Lipinski definition) is 1. The molecular formula is C16H21ClN4. The molecule has 0 saturated heterocycles. The number of aromatic nitrogens is 2. The number of anilines is 1. The normalized spacial score (nSPS) is 10.9. The van der Waals surface area contributed by atoms with Gasteiger partial charge >= 0.3 is 0 Å². The fourth-order valence-corrected chi connectivity index (χ4v) is 2.39. The van der Waals surface area contributed by atoms with Gasteiger partial charge in [0.25, 0.3) is 0 Å². The van der Waals surface area contributed by atoms with Crippen molar-refractivity contribution in [2.75, 3.05) is 25.5 Å². The molecular weight excluding hydrogens is 284 g/mol. The fraction of sp³-hybridized carbons (Fsp3) is 0.375. The highest BCUT2D eigenvalue weighted by Gasteiger charge is 2.01. The van der Waals surface area contributed by atoms with Crippen molar-refractivity contribution < 1.29 is 0 Å². The number of aryl methyl sites for hydroxylation is 1. The van der Waals surface area contributed by atoms with Crippen LogP contribution in [0.5, 0.6) is 0 Å². The van der Waals surface area contributed by atoms with Gasteiger partial charge in [0, 0.05) is 19.2 Å². The van der Waals surface area contributed by atoms with Crippen LogP contribution in [0.15, 0.2) is 36.4 Å². The van der Waals surface area contributed by atoms with Crippen molar-refractivity contribution in [1.29, 1.82) is 0 Å². The Morgan fingerprint density at radius 3 is 2.67 bits per heavy atom. The standard InChI is InChI=1S/C16H21ClN4/c1-13-19-15(17)11-16(20-13)18-9-6-10-21(2)12-14-7-4-3-5-8-14/h3-5,7-8,11H,6,9-10,12H2,1-2H3,(H,18,19,20). The lowest BCUT2D eigenvalue weighted by molar-refractivity contribution is 0.325. The molecule has 2 aromatic rings. The zero-order chi connectivity index (χ0) is 15.1. The first-order chi connectivity index (χ1) is 10.1. The third-order valence-electron chi connectivity index (χ3n) is 3.12. The van der Waals surface area contributed by atoms with Crippen LogP contribution in [-0.2, 0) is 6.54 Å². The summed E-state index contributed by atoms with van der Waals surface area (Å²) in [5, 5.41) is 3.76. The van der Waals surface area contributed by atoms with Crippen LogP contribution in [0.4, 0.5) is 5.82 Å². The van der Waals surface area contributed by atoms with Gasteiger partial charge in [0.15, 0.2) is 0 Å². The van der Waals surface area contributed by atoms with E-state index in [0.29, 0.717) is 11.0 Å². The minimum absolute atomic E-state index is 0.478. The second-order valence-electron chi connectivity index (χ2n) is 5.13. The average Bonchev–Trinajstić information content (AvgIpc) is 2.44. The lowest BCUT2D eigenvalue weighted by Crippen LogP contribution is -2.21. The van der Waals surface area contributed by atoms with Crippen molar-refractivity contribution in [3.05, 3.63) is 52.9 Å². The highest BCUT2D eigenvalue weighted by molar-refractivity contribution is 6.29. The zero-order valence-corrected chi connectivity index (χ0v) is 13.3. The Labute approximate surface area is 131 Å². The highest BCUT2D eigenvalue weighted by Crippen LogP contribution is 2.11. The largest absolute Gasteiger partial charge is 0.370 e. The molecule has 0 bridgehead atoms. The molecule has 21 heavy (non-hydrogen) atoms. The van der Waals surface area contributed by atoms with Gasteiger partial charge in [-0.05, 0) is 32.5 Å². The van der Waals surface area contributed by atoms with Crippen molar-refractivity contribution in [2.45, 2.75) is 19.9 Å². The first-order valence-corrected chi connectivity index (χ1v) is 7.49. The molecule has 0 spiro atoms. The van der Waals surface area contributed by atoms with Gasteiger partial charge < -0.3 is 10.2 Å². The molecule has 4 nitrogen and oxygen atoms in total. The Balaban J connectivity index is 1.69. The first kappa shape index (κ1) is 15.7. The summed E-state index contributed by atoms with van der Waals surface area (Å²) >= 11 is 5.90. The van der Waals surface area contributed by atoms with Gasteiger partial charge in [-0.25, -0.2) is 9.97 Å². The minimum Gasteiger partial charge on any atom is -0.370 e. The summed E-state index contributed by atoms with van der Waals surface area (Å²) in [7, 11) is 2.14.